The van der Waals surface area contributed by atoms with Gasteiger partial charge in [0.15, 0.2) is 6.29 Å². The first-order chi connectivity index (χ1) is 10.5. The van der Waals surface area contributed by atoms with Crippen LogP contribution >= 0.6 is 0 Å². The average molecular weight is 300 g/mol. The highest BCUT2D eigenvalue weighted by Gasteiger charge is 2.16. The number of H-pyrrole nitrogens is 1. The number of hydrogen-bond donors (Lipinski definition) is 2. The van der Waals surface area contributed by atoms with E-state index in [0.29, 0.717) is 24.3 Å². The molecule has 116 valence electrons. The topological polar surface area (TPSA) is 71.2 Å². The zero-order valence-corrected chi connectivity index (χ0v) is 13.0. The van der Waals surface area contributed by atoms with Crippen molar-refractivity contribution in [3.8, 4) is 5.75 Å². The normalized spacial score (nSPS) is 11.8. The summed E-state index contributed by atoms with van der Waals surface area (Å²) in [5.41, 5.74) is 2.77. The Hall–Kier alpha value is -2.56. The summed E-state index contributed by atoms with van der Waals surface area (Å²) in [5.74, 6) is 0.505. The van der Waals surface area contributed by atoms with Crippen LogP contribution in [0.1, 0.15) is 52.0 Å². The van der Waals surface area contributed by atoms with Gasteiger partial charge in [-0.1, -0.05) is 17.7 Å². The van der Waals surface area contributed by atoms with Gasteiger partial charge in [0.05, 0.1) is 18.3 Å². The highest BCUT2D eigenvalue weighted by Crippen LogP contribution is 2.26. The van der Waals surface area contributed by atoms with Gasteiger partial charge in [0.25, 0.3) is 5.91 Å². The molecule has 1 aromatic heterocycles. The van der Waals surface area contributed by atoms with Crippen LogP contribution in [0, 0.1) is 6.92 Å². The van der Waals surface area contributed by atoms with Crippen LogP contribution < -0.4 is 10.1 Å². The number of aryl methyl sites for hydroxylation is 1. The van der Waals surface area contributed by atoms with Gasteiger partial charge in [0, 0.05) is 5.56 Å². The van der Waals surface area contributed by atoms with Crippen molar-refractivity contribution >= 4 is 12.2 Å². The Kier molecular flexibility index (Phi) is 4.99. The van der Waals surface area contributed by atoms with Gasteiger partial charge in [-0.25, -0.2) is 0 Å². The van der Waals surface area contributed by atoms with Gasteiger partial charge in [-0.15, -0.1) is 0 Å². The Balaban J connectivity index is 2.17. The van der Waals surface area contributed by atoms with Crippen molar-refractivity contribution in [2.75, 3.05) is 6.61 Å². The number of carbonyl (C=O) groups excluding carboxylic acids is 2. The van der Waals surface area contributed by atoms with E-state index in [1.54, 1.807) is 12.1 Å². The quantitative estimate of drug-likeness (QED) is 0.806. The molecule has 1 heterocycles. The van der Waals surface area contributed by atoms with Crippen molar-refractivity contribution in [2.45, 2.75) is 26.8 Å². The molecule has 0 radical (unpaired) electrons. The number of rotatable bonds is 6. The van der Waals surface area contributed by atoms with Crippen molar-refractivity contribution in [3.63, 3.8) is 0 Å². The first-order valence-electron chi connectivity index (χ1n) is 7.23. The maximum Gasteiger partial charge on any atom is 0.268 e. The van der Waals surface area contributed by atoms with Crippen LogP contribution in [-0.4, -0.2) is 23.8 Å². The van der Waals surface area contributed by atoms with Crippen LogP contribution in [-0.2, 0) is 0 Å². The second-order valence-electron chi connectivity index (χ2n) is 5.11. The minimum Gasteiger partial charge on any atom is -0.494 e. The number of aromatic amines is 1. The second kappa shape index (κ2) is 6.93. The molecule has 0 aliphatic carbocycles. The standard InChI is InChI=1S/C17H20N2O3/c1-4-22-16-8-5-11(2)9-14(16)12(3)18-17(21)15-7-6-13(10-20)19-15/h5-10,12,19H,4H2,1-3H3,(H,18,21). The van der Waals surface area contributed by atoms with Crippen LogP contribution in [0.5, 0.6) is 5.75 Å². The van der Waals surface area contributed by atoms with Gasteiger partial charge in [-0.2, -0.15) is 0 Å². The lowest BCUT2D eigenvalue weighted by atomic mass is 10.0. The van der Waals surface area contributed by atoms with E-state index in [2.05, 4.69) is 10.3 Å². The van der Waals surface area contributed by atoms with E-state index in [1.807, 2.05) is 39.0 Å². The van der Waals surface area contributed by atoms with Gasteiger partial charge in [-0.3, -0.25) is 9.59 Å². The minimum absolute atomic E-state index is 0.211. The molecule has 5 heteroatoms. The largest absolute Gasteiger partial charge is 0.494 e. The molecular weight excluding hydrogens is 280 g/mol. The molecule has 1 unspecified atom stereocenters. The van der Waals surface area contributed by atoms with Crippen LogP contribution in [0.3, 0.4) is 0 Å². The lowest BCUT2D eigenvalue weighted by Gasteiger charge is -2.18. The van der Waals surface area contributed by atoms with E-state index < -0.39 is 0 Å². The Morgan fingerprint density at radius 3 is 2.77 bits per heavy atom. The number of amides is 1. The summed E-state index contributed by atoms with van der Waals surface area (Å²) in [4.78, 5) is 25.6. The molecule has 0 bridgehead atoms. The summed E-state index contributed by atoms with van der Waals surface area (Å²) >= 11 is 0. The Morgan fingerprint density at radius 1 is 1.36 bits per heavy atom. The Bertz CT molecular complexity index is 676. The van der Waals surface area contributed by atoms with Crippen molar-refractivity contribution in [1.82, 2.24) is 10.3 Å². The minimum atomic E-state index is -0.260. The van der Waals surface area contributed by atoms with Crippen LogP contribution in [0.15, 0.2) is 30.3 Å². The van der Waals surface area contributed by atoms with Crippen LogP contribution in [0.4, 0.5) is 0 Å². The molecule has 0 spiro atoms. The van der Waals surface area contributed by atoms with E-state index in [1.165, 1.54) is 0 Å². The van der Waals surface area contributed by atoms with Crippen molar-refractivity contribution in [2.24, 2.45) is 0 Å². The third kappa shape index (κ3) is 3.55. The summed E-state index contributed by atoms with van der Waals surface area (Å²) in [6.45, 7) is 6.39. The summed E-state index contributed by atoms with van der Waals surface area (Å²) in [6, 6.07) is 8.84. The molecule has 1 aromatic carbocycles. The number of benzene rings is 1. The van der Waals surface area contributed by atoms with Crippen LogP contribution in [0.25, 0.3) is 0 Å². The third-order valence-electron chi connectivity index (χ3n) is 3.36. The third-order valence-corrected chi connectivity index (χ3v) is 3.36. The Morgan fingerprint density at radius 2 is 2.14 bits per heavy atom. The summed E-state index contributed by atoms with van der Waals surface area (Å²) < 4.78 is 5.62. The van der Waals surface area contributed by atoms with E-state index >= 15 is 0 Å². The number of hydrogen-bond acceptors (Lipinski definition) is 3. The maximum absolute atomic E-state index is 12.2. The molecular formula is C17H20N2O3. The second-order valence-corrected chi connectivity index (χ2v) is 5.11. The monoisotopic (exact) mass is 300 g/mol. The molecule has 0 saturated carbocycles. The molecule has 2 aromatic rings. The zero-order valence-electron chi connectivity index (χ0n) is 13.0. The fourth-order valence-electron chi connectivity index (χ4n) is 2.26. The van der Waals surface area contributed by atoms with E-state index in [-0.39, 0.29) is 11.9 Å². The predicted octanol–water partition coefficient (Wildman–Crippen LogP) is 3.03. The highest BCUT2D eigenvalue weighted by molar-refractivity contribution is 5.93. The summed E-state index contributed by atoms with van der Waals surface area (Å²) in [5, 5.41) is 2.91. The smallest absolute Gasteiger partial charge is 0.268 e. The molecule has 22 heavy (non-hydrogen) atoms. The zero-order chi connectivity index (χ0) is 16.1. The van der Waals surface area contributed by atoms with Crippen molar-refractivity contribution in [3.05, 3.63) is 52.8 Å². The first kappa shape index (κ1) is 15.8. The van der Waals surface area contributed by atoms with Gasteiger partial charge < -0.3 is 15.0 Å². The van der Waals surface area contributed by atoms with Crippen molar-refractivity contribution in [1.29, 1.82) is 0 Å². The Labute approximate surface area is 129 Å². The number of carbonyl (C=O) groups is 2. The molecule has 0 saturated heterocycles. The molecule has 1 amide bonds. The van der Waals surface area contributed by atoms with Gasteiger partial charge in [0.1, 0.15) is 11.4 Å². The number of ether oxygens (including phenoxy) is 1. The molecule has 1 atom stereocenters. The van der Waals surface area contributed by atoms with Gasteiger partial charge >= 0.3 is 0 Å². The number of aldehydes is 1. The molecule has 2 N–H and O–H groups in total. The maximum atomic E-state index is 12.2. The van der Waals surface area contributed by atoms with E-state index in [0.717, 1.165) is 16.9 Å². The first-order valence-corrected chi connectivity index (χ1v) is 7.23. The average Bonchev–Trinajstić information content (AvgIpc) is 2.98. The summed E-state index contributed by atoms with van der Waals surface area (Å²) in [7, 11) is 0. The summed E-state index contributed by atoms with van der Waals surface area (Å²) in [6.07, 6.45) is 0.675. The fraction of sp³-hybridized carbons (Fsp3) is 0.294. The number of aromatic nitrogens is 1. The molecule has 0 aliphatic rings. The lowest BCUT2D eigenvalue weighted by molar-refractivity contribution is 0.0935. The molecule has 5 nitrogen and oxygen atoms in total. The van der Waals surface area contributed by atoms with Gasteiger partial charge in [0.2, 0.25) is 0 Å². The number of nitrogens with one attached hydrogen (secondary N) is 2. The SMILES string of the molecule is CCOc1ccc(C)cc1C(C)NC(=O)c1ccc(C=O)[nH]1. The van der Waals surface area contributed by atoms with E-state index in [9.17, 15) is 9.59 Å². The molecule has 0 aliphatic heterocycles. The predicted molar refractivity (Wildman–Crippen MR) is 84.4 cm³/mol. The van der Waals surface area contributed by atoms with Crippen LogP contribution in [0.2, 0.25) is 0 Å². The van der Waals surface area contributed by atoms with Gasteiger partial charge in [-0.05, 0) is 39.0 Å². The highest BCUT2D eigenvalue weighted by atomic mass is 16.5. The molecule has 2 rings (SSSR count). The fourth-order valence-corrected chi connectivity index (χ4v) is 2.26. The molecule has 0 fully saturated rings. The van der Waals surface area contributed by atoms with Crippen molar-refractivity contribution < 1.29 is 14.3 Å². The lowest BCUT2D eigenvalue weighted by Crippen LogP contribution is -2.27. The van der Waals surface area contributed by atoms with E-state index in [4.69, 9.17) is 4.74 Å².